The Morgan fingerprint density at radius 1 is 1.13 bits per heavy atom. The van der Waals surface area contributed by atoms with Crippen LogP contribution < -0.4 is 5.32 Å². The fourth-order valence-corrected chi connectivity index (χ4v) is 4.43. The number of aliphatic hydroxyl groups excluding tert-OH is 1. The molecule has 124 valence electrons. The van der Waals surface area contributed by atoms with Crippen LogP contribution in [0.25, 0.3) is 0 Å². The number of rotatable bonds is 6. The maximum atomic E-state index is 10.5. The van der Waals surface area contributed by atoms with Gasteiger partial charge >= 0.3 is 0 Å². The normalized spacial score (nSPS) is 18.5. The van der Waals surface area contributed by atoms with Crippen molar-refractivity contribution in [3.05, 3.63) is 52.9 Å². The molecule has 23 heavy (non-hydrogen) atoms. The maximum Gasteiger partial charge on any atom is 0.0917 e. The first-order chi connectivity index (χ1) is 11.3. The van der Waals surface area contributed by atoms with Crippen molar-refractivity contribution in [1.29, 1.82) is 0 Å². The van der Waals surface area contributed by atoms with E-state index in [1.54, 1.807) is 11.3 Å². The summed E-state index contributed by atoms with van der Waals surface area (Å²) in [5.74, 6) is 0.908. The van der Waals surface area contributed by atoms with Crippen LogP contribution in [0.1, 0.15) is 62.2 Å². The van der Waals surface area contributed by atoms with Gasteiger partial charge in [-0.05, 0) is 41.3 Å². The second-order valence-electron chi connectivity index (χ2n) is 6.75. The van der Waals surface area contributed by atoms with Gasteiger partial charge in [0.2, 0.25) is 0 Å². The van der Waals surface area contributed by atoms with Gasteiger partial charge in [0.1, 0.15) is 0 Å². The second-order valence-corrected chi connectivity index (χ2v) is 7.67. The Labute approximate surface area is 143 Å². The molecule has 0 aliphatic heterocycles. The lowest BCUT2D eigenvalue weighted by atomic mass is 9.85. The van der Waals surface area contributed by atoms with Gasteiger partial charge in [-0.1, -0.05) is 56.5 Å². The van der Waals surface area contributed by atoms with Crippen LogP contribution in [0, 0.1) is 5.92 Å². The van der Waals surface area contributed by atoms with Crippen molar-refractivity contribution in [1.82, 2.24) is 0 Å². The summed E-state index contributed by atoms with van der Waals surface area (Å²) in [6.45, 7) is 2.91. The van der Waals surface area contributed by atoms with Gasteiger partial charge in [-0.15, -0.1) is 11.3 Å². The third-order valence-corrected chi connectivity index (χ3v) is 5.89. The molecule has 1 fully saturated rings. The van der Waals surface area contributed by atoms with Gasteiger partial charge < -0.3 is 10.4 Å². The van der Waals surface area contributed by atoms with E-state index in [1.807, 2.05) is 30.3 Å². The molecule has 1 saturated carbocycles. The maximum absolute atomic E-state index is 10.5. The molecule has 3 heteroatoms. The van der Waals surface area contributed by atoms with Crippen molar-refractivity contribution >= 4 is 16.3 Å². The smallest absolute Gasteiger partial charge is 0.0917 e. The van der Waals surface area contributed by atoms with E-state index < -0.39 is 6.10 Å². The summed E-state index contributed by atoms with van der Waals surface area (Å²) in [6, 6.07) is 12.3. The first-order valence-electron chi connectivity index (χ1n) is 8.80. The topological polar surface area (TPSA) is 32.3 Å². The van der Waals surface area contributed by atoms with Gasteiger partial charge in [-0.25, -0.2) is 0 Å². The van der Waals surface area contributed by atoms with Crippen molar-refractivity contribution in [2.24, 2.45) is 5.92 Å². The van der Waals surface area contributed by atoms with Gasteiger partial charge in [0, 0.05) is 12.5 Å². The van der Waals surface area contributed by atoms with Crippen LogP contribution in [0.3, 0.4) is 0 Å². The van der Waals surface area contributed by atoms with E-state index in [9.17, 15) is 5.11 Å². The molecule has 3 rings (SSSR count). The molecule has 2 unspecified atom stereocenters. The van der Waals surface area contributed by atoms with Crippen molar-refractivity contribution in [3.8, 4) is 0 Å². The van der Waals surface area contributed by atoms with Crippen LogP contribution in [-0.2, 0) is 0 Å². The van der Waals surface area contributed by atoms with Crippen LogP contribution in [0.15, 0.2) is 41.8 Å². The fraction of sp³-hybridized carbons (Fsp3) is 0.500. The van der Waals surface area contributed by atoms with Crippen LogP contribution in [0.5, 0.6) is 0 Å². The number of nitrogens with one attached hydrogen (secondary N) is 1. The van der Waals surface area contributed by atoms with Crippen molar-refractivity contribution in [2.75, 3.05) is 11.9 Å². The van der Waals surface area contributed by atoms with Crippen LogP contribution >= 0.6 is 11.3 Å². The molecule has 2 nitrogen and oxygen atoms in total. The highest BCUT2D eigenvalue weighted by Gasteiger charge is 2.21. The third-order valence-electron chi connectivity index (χ3n) is 5.01. The van der Waals surface area contributed by atoms with E-state index in [-0.39, 0.29) is 5.92 Å². The lowest BCUT2D eigenvalue weighted by molar-refractivity contribution is 0.124. The Bertz CT molecular complexity index is 589. The standard InChI is InChI=1S/C20H27NOS/c1-15(19(22)17-10-6-3-7-11-17)14-21-20-18(12-13-23-20)16-8-4-2-5-9-16/h3,6-7,10-13,15-16,19,21-22H,2,4-5,8-9,14H2,1H3. The van der Waals surface area contributed by atoms with E-state index in [0.29, 0.717) is 0 Å². The fourth-order valence-electron chi connectivity index (χ4n) is 3.54. The molecule has 2 atom stereocenters. The summed E-state index contributed by atoms with van der Waals surface area (Å²) in [4.78, 5) is 0. The van der Waals surface area contributed by atoms with Crippen LogP contribution in [-0.4, -0.2) is 11.7 Å². The first-order valence-corrected chi connectivity index (χ1v) is 9.68. The molecule has 1 aliphatic carbocycles. The van der Waals surface area contributed by atoms with Crippen LogP contribution in [0.4, 0.5) is 5.00 Å². The van der Waals surface area contributed by atoms with Gasteiger partial charge in [0.05, 0.1) is 11.1 Å². The zero-order chi connectivity index (χ0) is 16.1. The monoisotopic (exact) mass is 329 g/mol. The highest BCUT2D eigenvalue weighted by Crippen LogP contribution is 2.39. The Kier molecular flexibility index (Phi) is 5.74. The van der Waals surface area contributed by atoms with E-state index in [2.05, 4.69) is 23.7 Å². The van der Waals surface area contributed by atoms with Gasteiger partial charge in [0.25, 0.3) is 0 Å². The Morgan fingerprint density at radius 3 is 2.61 bits per heavy atom. The lowest BCUT2D eigenvalue weighted by Gasteiger charge is -2.24. The zero-order valence-electron chi connectivity index (χ0n) is 13.9. The number of anilines is 1. The Morgan fingerprint density at radius 2 is 1.87 bits per heavy atom. The highest BCUT2D eigenvalue weighted by molar-refractivity contribution is 7.14. The quantitative estimate of drug-likeness (QED) is 0.725. The molecular weight excluding hydrogens is 302 g/mol. The molecule has 1 aliphatic rings. The summed E-state index contributed by atoms with van der Waals surface area (Å²) in [7, 11) is 0. The summed E-state index contributed by atoms with van der Waals surface area (Å²) in [5, 5.41) is 17.6. The molecule has 0 spiro atoms. The molecule has 0 saturated heterocycles. The van der Waals surface area contributed by atoms with Crippen LogP contribution in [0.2, 0.25) is 0 Å². The minimum atomic E-state index is -0.415. The average molecular weight is 330 g/mol. The Hall–Kier alpha value is -1.32. The van der Waals surface area contributed by atoms with Crippen molar-refractivity contribution < 1.29 is 5.11 Å². The molecule has 2 aromatic rings. The van der Waals surface area contributed by atoms with E-state index in [4.69, 9.17) is 0 Å². The third kappa shape index (κ3) is 4.15. The largest absolute Gasteiger partial charge is 0.388 e. The molecule has 1 heterocycles. The number of hydrogen-bond acceptors (Lipinski definition) is 3. The SMILES string of the molecule is CC(CNc1sccc1C1CCCCC1)C(O)c1ccccc1. The van der Waals surface area contributed by atoms with Gasteiger partial charge in [-0.2, -0.15) is 0 Å². The van der Waals surface area contributed by atoms with Gasteiger partial charge in [-0.3, -0.25) is 0 Å². The van der Waals surface area contributed by atoms with E-state index in [0.717, 1.165) is 18.0 Å². The Balaban J connectivity index is 1.59. The first kappa shape index (κ1) is 16.5. The molecule has 2 N–H and O–H groups in total. The number of aliphatic hydroxyl groups is 1. The summed E-state index contributed by atoms with van der Waals surface area (Å²) in [6.07, 6.45) is 6.36. The minimum absolute atomic E-state index is 0.179. The second kappa shape index (κ2) is 7.98. The molecule has 0 bridgehead atoms. The molecule has 1 aromatic heterocycles. The molecule has 1 aromatic carbocycles. The summed E-state index contributed by atoms with van der Waals surface area (Å²) < 4.78 is 0. The zero-order valence-corrected chi connectivity index (χ0v) is 14.7. The molecule has 0 amide bonds. The number of thiophene rings is 1. The van der Waals surface area contributed by atoms with Crippen molar-refractivity contribution in [2.45, 2.75) is 51.0 Å². The van der Waals surface area contributed by atoms with Crippen molar-refractivity contribution in [3.63, 3.8) is 0 Å². The summed E-state index contributed by atoms with van der Waals surface area (Å²) >= 11 is 1.80. The number of benzene rings is 1. The minimum Gasteiger partial charge on any atom is -0.388 e. The average Bonchev–Trinajstić information content (AvgIpc) is 3.09. The predicted octanol–water partition coefficient (Wildman–Crippen LogP) is 5.58. The lowest BCUT2D eigenvalue weighted by Crippen LogP contribution is -2.19. The summed E-state index contributed by atoms with van der Waals surface area (Å²) in [5.41, 5.74) is 2.50. The predicted molar refractivity (Wildman–Crippen MR) is 99.2 cm³/mol. The molecule has 0 radical (unpaired) electrons. The van der Waals surface area contributed by atoms with E-state index in [1.165, 1.54) is 42.7 Å². The molecular formula is C20H27NOS. The van der Waals surface area contributed by atoms with Gasteiger partial charge in [0.15, 0.2) is 0 Å². The van der Waals surface area contributed by atoms with E-state index >= 15 is 0 Å². The highest BCUT2D eigenvalue weighted by atomic mass is 32.1. The number of hydrogen-bond donors (Lipinski definition) is 2.